The highest BCUT2D eigenvalue weighted by molar-refractivity contribution is 5.97. The van der Waals surface area contributed by atoms with Crippen molar-refractivity contribution in [2.24, 2.45) is 0 Å². The maximum absolute atomic E-state index is 12.1. The molecule has 3 amide bonds. The number of carbonyl (C=O) groups excluding carboxylic acids is 2. The smallest absolute Gasteiger partial charge is 0.319 e. The number of aryl methyl sites for hydroxylation is 1. The van der Waals surface area contributed by atoms with E-state index >= 15 is 0 Å². The molecule has 2 aromatic rings. The third kappa shape index (κ3) is 5.99. The molecule has 1 aromatic carbocycles. The van der Waals surface area contributed by atoms with Gasteiger partial charge in [0.25, 0.3) is 5.91 Å². The summed E-state index contributed by atoms with van der Waals surface area (Å²) in [7, 11) is 0. The Labute approximate surface area is 157 Å². The third-order valence-corrected chi connectivity index (χ3v) is 4.31. The van der Waals surface area contributed by atoms with Crippen molar-refractivity contribution in [2.75, 3.05) is 11.9 Å². The van der Waals surface area contributed by atoms with Crippen LogP contribution in [0.4, 0.5) is 10.5 Å². The molecule has 7 nitrogen and oxygen atoms in total. The van der Waals surface area contributed by atoms with E-state index in [4.69, 9.17) is 0 Å². The van der Waals surface area contributed by atoms with E-state index in [0.717, 1.165) is 25.7 Å². The minimum absolute atomic E-state index is 0.0196. The maximum Gasteiger partial charge on any atom is 0.319 e. The summed E-state index contributed by atoms with van der Waals surface area (Å²) in [6.45, 7) is 1.14. The first kappa shape index (κ1) is 18.7. The lowest BCUT2D eigenvalue weighted by Crippen LogP contribution is -2.30. The van der Waals surface area contributed by atoms with Gasteiger partial charge in [-0.05, 0) is 49.9 Å². The van der Waals surface area contributed by atoms with E-state index in [0.29, 0.717) is 30.4 Å². The minimum Gasteiger partial charge on any atom is -0.349 e. The zero-order valence-electron chi connectivity index (χ0n) is 15.1. The van der Waals surface area contributed by atoms with Crippen molar-refractivity contribution in [2.45, 2.75) is 38.3 Å². The summed E-state index contributed by atoms with van der Waals surface area (Å²) in [5, 5.41) is 8.45. The van der Waals surface area contributed by atoms with E-state index in [2.05, 4.69) is 16.0 Å². The number of amides is 3. The van der Waals surface area contributed by atoms with E-state index < -0.39 is 0 Å². The van der Waals surface area contributed by atoms with Crippen molar-refractivity contribution >= 4 is 17.6 Å². The van der Waals surface area contributed by atoms with Crippen LogP contribution in [0, 0.1) is 0 Å². The second-order valence-corrected chi connectivity index (χ2v) is 6.65. The number of rotatable bonds is 8. The van der Waals surface area contributed by atoms with Gasteiger partial charge in [-0.1, -0.05) is 12.1 Å². The number of nitrogens with one attached hydrogen (secondary N) is 3. The first-order valence-electron chi connectivity index (χ1n) is 9.23. The molecule has 0 bridgehead atoms. The summed E-state index contributed by atoms with van der Waals surface area (Å²) < 4.78 is 1.65. The number of pyridine rings is 1. The Bertz CT molecular complexity index is 858. The molecule has 1 aromatic heterocycles. The zero-order chi connectivity index (χ0) is 19.1. The predicted octanol–water partition coefficient (Wildman–Crippen LogP) is 2.34. The number of unbranched alkanes of at least 4 members (excludes halogenated alkanes) is 1. The number of hydrogen-bond donors (Lipinski definition) is 3. The molecule has 1 aliphatic carbocycles. The van der Waals surface area contributed by atoms with E-state index in [-0.39, 0.29) is 17.5 Å². The van der Waals surface area contributed by atoms with Crippen LogP contribution in [0.3, 0.4) is 0 Å². The van der Waals surface area contributed by atoms with Gasteiger partial charge in [0.05, 0.1) is 0 Å². The monoisotopic (exact) mass is 368 g/mol. The highest BCUT2D eigenvalue weighted by Crippen LogP contribution is 2.20. The highest BCUT2D eigenvalue weighted by Gasteiger charge is 2.23. The van der Waals surface area contributed by atoms with E-state index in [1.807, 2.05) is 6.07 Å². The normalized spacial score (nSPS) is 13.0. The fraction of sp³-hybridized carbons (Fsp3) is 0.350. The average molecular weight is 368 g/mol. The molecule has 0 aliphatic heterocycles. The number of hydrogen-bond acceptors (Lipinski definition) is 3. The second kappa shape index (κ2) is 9.02. The highest BCUT2D eigenvalue weighted by atomic mass is 16.2. The Balaban J connectivity index is 1.38. The number of nitrogens with zero attached hydrogens (tertiary/aromatic N) is 1. The molecular formula is C20H24N4O3. The Kier molecular flexibility index (Phi) is 6.25. The van der Waals surface area contributed by atoms with Crippen molar-refractivity contribution in [3.05, 3.63) is 64.6 Å². The van der Waals surface area contributed by atoms with Crippen LogP contribution in [0.15, 0.2) is 53.5 Å². The van der Waals surface area contributed by atoms with Gasteiger partial charge in [0.1, 0.15) is 0 Å². The lowest BCUT2D eigenvalue weighted by atomic mass is 10.2. The molecule has 3 N–H and O–H groups in total. The number of carbonyl (C=O) groups is 2. The second-order valence-electron chi connectivity index (χ2n) is 6.65. The third-order valence-electron chi connectivity index (χ3n) is 4.31. The van der Waals surface area contributed by atoms with Gasteiger partial charge in [-0.25, -0.2) is 4.79 Å². The molecule has 1 saturated carbocycles. The van der Waals surface area contributed by atoms with Gasteiger partial charge in [0, 0.05) is 42.6 Å². The topological polar surface area (TPSA) is 92.2 Å². The van der Waals surface area contributed by atoms with Gasteiger partial charge in [-0.2, -0.15) is 0 Å². The summed E-state index contributed by atoms with van der Waals surface area (Å²) in [5.41, 5.74) is 1.09. The number of aromatic nitrogens is 1. The molecule has 7 heteroatoms. The minimum atomic E-state index is -0.313. The van der Waals surface area contributed by atoms with E-state index in [1.165, 1.54) is 6.07 Å². The zero-order valence-corrected chi connectivity index (χ0v) is 15.1. The fourth-order valence-electron chi connectivity index (χ4n) is 2.66. The molecule has 142 valence electrons. The van der Waals surface area contributed by atoms with Crippen LogP contribution in [0.5, 0.6) is 0 Å². The Morgan fingerprint density at radius 3 is 2.70 bits per heavy atom. The largest absolute Gasteiger partial charge is 0.349 e. The summed E-state index contributed by atoms with van der Waals surface area (Å²) in [6.07, 6.45) is 5.38. The lowest BCUT2D eigenvalue weighted by Gasteiger charge is -2.10. The van der Waals surface area contributed by atoms with Crippen molar-refractivity contribution in [1.29, 1.82) is 0 Å². The first-order chi connectivity index (χ1) is 13.1. The first-order valence-corrected chi connectivity index (χ1v) is 9.23. The number of benzene rings is 1. The van der Waals surface area contributed by atoms with Gasteiger partial charge in [0.15, 0.2) is 0 Å². The Morgan fingerprint density at radius 2 is 1.93 bits per heavy atom. The number of anilines is 1. The van der Waals surface area contributed by atoms with Crippen molar-refractivity contribution < 1.29 is 9.59 Å². The van der Waals surface area contributed by atoms with E-state index in [1.54, 1.807) is 41.1 Å². The number of urea groups is 1. The Hall–Kier alpha value is -3.09. The van der Waals surface area contributed by atoms with Gasteiger partial charge < -0.3 is 20.5 Å². The van der Waals surface area contributed by atoms with Crippen LogP contribution in [0.1, 0.15) is 36.0 Å². The molecule has 1 heterocycles. The molecule has 0 radical (unpaired) electrons. The maximum atomic E-state index is 12.1. The molecule has 0 saturated heterocycles. The van der Waals surface area contributed by atoms with E-state index in [9.17, 15) is 14.4 Å². The van der Waals surface area contributed by atoms with Crippen LogP contribution >= 0.6 is 0 Å². The molecule has 0 unspecified atom stereocenters. The van der Waals surface area contributed by atoms with Gasteiger partial charge >= 0.3 is 6.03 Å². The lowest BCUT2D eigenvalue weighted by molar-refractivity contribution is 0.0951. The van der Waals surface area contributed by atoms with Gasteiger partial charge in [0.2, 0.25) is 5.56 Å². The molecule has 1 aliphatic rings. The average Bonchev–Trinajstić information content (AvgIpc) is 3.47. The fourth-order valence-corrected chi connectivity index (χ4v) is 2.66. The van der Waals surface area contributed by atoms with Gasteiger partial charge in [-0.15, -0.1) is 0 Å². The van der Waals surface area contributed by atoms with Gasteiger partial charge in [-0.3, -0.25) is 9.59 Å². The summed E-state index contributed by atoms with van der Waals surface area (Å²) in [6, 6.07) is 11.9. The Morgan fingerprint density at radius 1 is 1.07 bits per heavy atom. The molecule has 1 fully saturated rings. The van der Waals surface area contributed by atoms with Crippen LogP contribution in [-0.4, -0.2) is 29.1 Å². The van der Waals surface area contributed by atoms with Crippen LogP contribution < -0.4 is 21.5 Å². The quantitative estimate of drug-likeness (QED) is 0.625. The van der Waals surface area contributed by atoms with Crippen molar-refractivity contribution in [1.82, 2.24) is 15.2 Å². The van der Waals surface area contributed by atoms with Crippen LogP contribution in [0.2, 0.25) is 0 Å². The summed E-state index contributed by atoms with van der Waals surface area (Å²) >= 11 is 0. The molecule has 0 atom stereocenters. The van der Waals surface area contributed by atoms with Crippen molar-refractivity contribution in [3.8, 4) is 0 Å². The van der Waals surface area contributed by atoms with Crippen LogP contribution in [0.25, 0.3) is 0 Å². The molecule has 0 spiro atoms. The van der Waals surface area contributed by atoms with Crippen molar-refractivity contribution in [3.63, 3.8) is 0 Å². The predicted molar refractivity (Wildman–Crippen MR) is 104 cm³/mol. The summed E-state index contributed by atoms with van der Waals surface area (Å²) in [4.78, 5) is 35.6. The molecule has 3 rings (SSSR count). The molecule has 27 heavy (non-hydrogen) atoms. The van der Waals surface area contributed by atoms with Crippen LogP contribution in [-0.2, 0) is 6.54 Å². The molecular weight excluding hydrogens is 344 g/mol. The standard InChI is InChI=1S/C20H24N4O3/c25-18-8-1-3-12-24(18)13-4-2-11-21-20(27)23-17-7-5-6-15(14-17)19(26)22-16-9-10-16/h1,3,5-8,12,14,16H,2,4,9-11,13H2,(H,22,26)(H2,21,23,27). The SMILES string of the molecule is O=C(NCCCCn1ccccc1=O)Nc1cccc(C(=O)NC2CC2)c1. The summed E-state index contributed by atoms with van der Waals surface area (Å²) in [5.74, 6) is -0.113.